The van der Waals surface area contributed by atoms with E-state index < -0.39 is 30.0 Å². The third kappa shape index (κ3) is 5.33. The Kier molecular flexibility index (Phi) is 6.31. The molecule has 2 aromatic heterocycles. The monoisotopic (exact) mass is 513 g/mol. The minimum absolute atomic E-state index is 0.00698. The molecule has 178 valence electrons. The van der Waals surface area contributed by atoms with Gasteiger partial charge in [0.05, 0.1) is 0 Å². The third-order valence-electron chi connectivity index (χ3n) is 4.68. The molecule has 0 spiro atoms. The fourth-order valence-electron chi connectivity index (χ4n) is 3.15. The lowest BCUT2D eigenvalue weighted by atomic mass is 10.1. The average molecular weight is 514 g/mol. The molecule has 35 heavy (non-hydrogen) atoms. The number of hydrogen-bond donors (Lipinski definition) is 3. The number of nitrogens with zero attached hydrogens (tertiary/aromatic N) is 6. The molecule has 2 heterocycles. The van der Waals surface area contributed by atoms with Gasteiger partial charge in [0, 0.05) is 22.4 Å². The van der Waals surface area contributed by atoms with Crippen LogP contribution < -0.4 is 5.73 Å². The van der Waals surface area contributed by atoms with Gasteiger partial charge in [0.2, 0.25) is 0 Å². The van der Waals surface area contributed by atoms with Crippen LogP contribution in [-0.4, -0.2) is 55.8 Å². The van der Waals surface area contributed by atoms with Crippen LogP contribution in [0.15, 0.2) is 65.4 Å². The van der Waals surface area contributed by atoms with Crippen molar-refractivity contribution in [2.24, 2.45) is 0 Å². The van der Waals surface area contributed by atoms with E-state index in [4.69, 9.17) is 5.73 Å². The van der Waals surface area contributed by atoms with Crippen molar-refractivity contribution in [1.82, 2.24) is 29.9 Å². The van der Waals surface area contributed by atoms with E-state index in [1.54, 1.807) is 0 Å². The van der Waals surface area contributed by atoms with Gasteiger partial charge in [-0.3, -0.25) is 9.11 Å². The maximum absolute atomic E-state index is 12.1. The highest BCUT2D eigenvalue weighted by Gasteiger charge is 2.20. The molecule has 0 fully saturated rings. The standard InChI is InChI=1S/C20H15N7O6S2/c21-16-5-14(20-26-10-23-11-27-20)7-18(35(31,32)33)15(16)4-3-12-1-2-13(6-17(12)34(28,29)30)19-24-8-22-9-25-19/h1-11H,21H2,(H,28,29,30)(H,31,32,33). The van der Waals surface area contributed by atoms with Crippen LogP contribution in [0.2, 0.25) is 0 Å². The van der Waals surface area contributed by atoms with Crippen LogP contribution in [0.1, 0.15) is 11.1 Å². The first kappa shape index (κ1) is 24.0. The van der Waals surface area contributed by atoms with Crippen LogP contribution in [0.25, 0.3) is 34.9 Å². The zero-order chi connectivity index (χ0) is 25.2. The second-order valence-electron chi connectivity index (χ2n) is 6.94. The van der Waals surface area contributed by atoms with E-state index in [0.717, 1.165) is 12.1 Å². The summed E-state index contributed by atoms with van der Waals surface area (Å²) in [4.78, 5) is 22.1. The predicted octanol–water partition coefficient (Wildman–Crippen LogP) is 1.64. The maximum Gasteiger partial charge on any atom is 0.295 e. The number of anilines is 1. The molecule has 0 radical (unpaired) electrons. The molecule has 15 heteroatoms. The number of aromatic nitrogens is 6. The van der Waals surface area contributed by atoms with Crippen molar-refractivity contribution in [2.45, 2.75) is 9.79 Å². The Balaban J connectivity index is 1.84. The molecule has 0 atom stereocenters. The lowest BCUT2D eigenvalue weighted by Crippen LogP contribution is -2.05. The summed E-state index contributed by atoms with van der Waals surface area (Å²) >= 11 is 0. The predicted molar refractivity (Wildman–Crippen MR) is 123 cm³/mol. The Morgan fingerprint density at radius 1 is 0.686 bits per heavy atom. The number of hydrogen-bond acceptors (Lipinski definition) is 11. The van der Waals surface area contributed by atoms with Gasteiger partial charge in [-0.1, -0.05) is 24.3 Å². The van der Waals surface area contributed by atoms with Crippen LogP contribution in [-0.2, 0) is 20.2 Å². The summed E-state index contributed by atoms with van der Waals surface area (Å²) in [6.07, 6.45) is 7.28. The van der Waals surface area contributed by atoms with Gasteiger partial charge in [-0.2, -0.15) is 16.8 Å². The molecule has 2 aromatic carbocycles. The number of rotatable bonds is 6. The van der Waals surface area contributed by atoms with Gasteiger partial charge in [0.25, 0.3) is 20.2 Å². The average Bonchev–Trinajstić information content (AvgIpc) is 2.83. The fraction of sp³-hybridized carbons (Fsp3) is 0. The van der Waals surface area contributed by atoms with Crippen LogP contribution in [0.3, 0.4) is 0 Å². The fourth-order valence-corrected chi connectivity index (χ4v) is 4.60. The number of nitrogen functional groups attached to an aromatic ring is 1. The molecular weight excluding hydrogens is 498 g/mol. The highest BCUT2D eigenvalue weighted by atomic mass is 32.2. The second kappa shape index (κ2) is 9.22. The lowest BCUT2D eigenvalue weighted by Gasteiger charge is -2.11. The van der Waals surface area contributed by atoms with E-state index in [1.807, 2.05) is 0 Å². The van der Waals surface area contributed by atoms with Gasteiger partial charge in [-0.25, -0.2) is 29.9 Å². The Labute approximate surface area is 199 Å². The van der Waals surface area contributed by atoms with E-state index in [9.17, 15) is 25.9 Å². The van der Waals surface area contributed by atoms with Crippen molar-refractivity contribution in [2.75, 3.05) is 5.73 Å². The Hall–Kier alpha value is -4.18. The van der Waals surface area contributed by atoms with E-state index in [-0.39, 0.29) is 39.6 Å². The first-order valence-electron chi connectivity index (χ1n) is 9.49. The van der Waals surface area contributed by atoms with Gasteiger partial charge in [0.1, 0.15) is 35.1 Å². The van der Waals surface area contributed by atoms with E-state index in [1.165, 1.54) is 55.7 Å². The van der Waals surface area contributed by atoms with E-state index in [0.29, 0.717) is 0 Å². The third-order valence-corrected chi connectivity index (χ3v) is 6.48. The molecule has 4 N–H and O–H groups in total. The van der Waals surface area contributed by atoms with Crippen LogP contribution >= 0.6 is 0 Å². The number of benzene rings is 2. The molecule has 0 bridgehead atoms. The second-order valence-corrected chi connectivity index (χ2v) is 9.72. The summed E-state index contributed by atoms with van der Waals surface area (Å²) in [5, 5.41) is 0. The summed E-state index contributed by atoms with van der Waals surface area (Å²) in [7, 11) is -9.47. The van der Waals surface area contributed by atoms with Crippen molar-refractivity contribution >= 4 is 38.1 Å². The van der Waals surface area contributed by atoms with Crippen molar-refractivity contribution < 1.29 is 25.9 Å². The zero-order valence-corrected chi connectivity index (χ0v) is 19.1. The molecule has 0 amide bonds. The molecule has 0 aliphatic carbocycles. The Morgan fingerprint density at radius 2 is 1.20 bits per heavy atom. The van der Waals surface area contributed by atoms with E-state index in [2.05, 4.69) is 29.9 Å². The highest BCUT2D eigenvalue weighted by Crippen LogP contribution is 2.31. The minimum Gasteiger partial charge on any atom is -0.398 e. The quantitative estimate of drug-likeness (QED) is 0.190. The van der Waals surface area contributed by atoms with E-state index >= 15 is 0 Å². The smallest absolute Gasteiger partial charge is 0.295 e. The molecule has 0 saturated carbocycles. The van der Waals surface area contributed by atoms with Gasteiger partial charge in [0.15, 0.2) is 11.6 Å². The lowest BCUT2D eigenvalue weighted by molar-refractivity contribution is 0.480. The molecule has 13 nitrogen and oxygen atoms in total. The van der Waals surface area contributed by atoms with Crippen molar-refractivity contribution in [3.8, 4) is 22.8 Å². The summed E-state index contributed by atoms with van der Waals surface area (Å²) in [6, 6.07) is 6.52. The first-order valence-corrected chi connectivity index (χ1v) is 12.4. The topological polar surface area (TPSA) is 212 Å². The SMILES string of the molecule is Nc1cc(-c2ncncn2)cc(S(=O)(=O)O)c1C=Cc1ccc(-c2ncncn2)cc1S(=O)(=O)O. The van der Waals surface area contributed by atoms with Crippen LogP contribution in [0.5, 0.6) is 0 Å². The summed E-state index contributed by atoms with van der Waals surface area (Å²) in [5.41, 5.74) is 6.37. The maximum atomic E-state index is 12.1. The van der Waals surface area contributed by atoms with Crippen molar-refractivity contribution in [3.05, 3.63) is 66.8 Å². The molecule has 4 aromatic rings. The molecule has 4 rings (SSSR count). The molecule has 0 aliphatic rings. The van der Waals surface area contributed by atoms with Gasteiger partial charge >= 0.3 is 0 Å². The van der Waals surface area contributed by atoms with Gasteiger partial charge < -0.3 is 5.73 Å². The summed E-state index contributed by atoms with van der Waals surface area (Å²) in [6.45, 7) is 0. The largest absolute Gasteiger partial charge is 0.398 e. The van der Waals surface area contributed by atoms with Crippen LogP contribution in [0.4, 0.5) is 5.69 Å². The molecule has 0 saturated heterocycles. The molecular formula is C20H15N7O6S2. The number of nitrogens with two attached hydrogens (primary N) is 1. The normalized spacial score (nSPS) is 12.2. The summed E-state index contributed by atoms with van der Waals surface area (Å²) < 4.78 is 67.8. The Morgan fingerprint density at radius 3 is 1.74 bits per heavy atom. The Bertz CT molecular complexity index is 1650. The van der Waals surface area contributed by atoms with Crippen LogP contribution in [0, 0.1) is 0 Å². The van der Waals surface area contributed by atoms with Crippen molar-refractivity contribution in [3.63, 3.8) is 0 Å². The van der Waals surface area contributed by atoms with Gasteiger partial charge in [-0.15, -0.1) is 0 Å². The van der Waals surface area contributed by atoms with Gasteiger partial charge in [-0.05, 0) is 23.8 Å². The molecule has 0 unspecified atom stereocenters. The summed E-state index contributed by atoms with van der Waals surface area (Å²) in [5.74, 6) is 0.293. The minimum atomic E-state index is -4.76. The highest BCUT2D eigenvalue weighted by molar-refractivity contribution is 7.86. The first-order chi connectivity index (χ1) is 16.5. The molecule has 0 aliphatic heterocycles. The van der Waals surface area contributed by atoms with Crippen molar-refractivity contribution in [1.29, 1.82) is 0 Å². The zero-order valence-electron chi connectivity index (χ0n) is 17.5.